The highest BCUT2D eigenvalue weighted by Crippen LogP contribution is 2.26. The summed E-state index contributed by atoms with van der Waals surface area (Å²) >= 11 is 9.22. The van der Waals surface area contributed by atoms with Gasteiger partial charge in [0.15, 0.2) is 4.34 Å². The van der Waals surface area contributed by atoms with Crippen molar-refractivity contribution >= 4 is 39.8 Å². The second-order valence-electron chi connectivity index (χ2n) is 5.40. The van der Waals surface area contributed by atoms with E-state index in [-0.39, 0.29) is 0 Å². The number of benzene rings is 1. The molecule has 2 heterocycles. The third-order valence-electron chi connectivity index (χ3n) is 3.49. The van der Waals surface area contributed by atoms with Crippen LogP contribution in [0.2, 0.25) is 5.02 Å². The van der Waals surface area contributed by atoms with E-state index < -0.39 is 0 Å². The average molecular weight is 386 g/mol. The largest absolute Gasteiger partial charge is 0.494 e. The molecular weight excluding hydrogens is 366 g/mol. The van der Waals surface area contributed by atoms with Crippen molar-refractivity contribution < 1.29 is 9.47 Å². The van der Waals surface area contributed by atoms with Crippen molar-refractivity contribution in [3.63, 3.8) is 0 Å². The first-order chi connectivity index (χ1) is 11.8. The molecule has 0 saturated carbocycles. The molecular formula is C16H20ClN3O2S2. The van der Waals surface area contributed by atoms with Crippen molar-refractivity contribution in [2.24, 2.45) is 0 Å². The Kier molecular flexibility index (Phi) is 7.01. The van der Waals surface area contributed by atoms with Gasteiger partial charge in [-0.05, 0) is 37.5 Å². The number of hydrogen-bond donors (Lipinski definition) is 1. The Balaban J connectivity index is 1.30. The zero-order chi connectivity index (χ0) is 16.6. The predicted octanol–water partition coefficient (Wildman–Crippen LogP) is 4.34. The van der Waals surface area contributed by atoms with Gasteiger partial charge in [0.1, 0.15) is 5.75 Å². The lowest BCUT2D eigenvalue weighted by Gasteiger charge is -2.08. The van der Waals surface area contributed by atoms with Crippen LogP contribution < -0.4 is 10.1 Å². The lowest BCUT2D eigenvalue weighted by Crippen LogP contribution is -2.18. The number of nitrogens with zero attached hydrogens (tertiary/aromatic N) is 2. The molecule has 0 radical (unpaired) electrons. The summed E-state index contributed by atoms with van der Waals surface area (Å²) in [5.74, 6) is 1.75. The Morgan fingerprint density at radius 1 is 1.42 bits per heavy atom. The molecule has 0 bridgehead atoms. The SMILES string of the molecule is Clc1cccc(OCCCSc2nnc(NCC3CCCO3)s2)c1. The highest BCUT2D eigenvalue weighted by molar-refractivity contribution is 8.01. The maximum atomic E-state index is 5.92. The van der Waals surface area contributed by atoms with E-state index in [4.69, 9.17) is 21.1 Å². The van der Waals surface area contributed by atoms with E-state index in [0.29, 0.717) is 17.7 Å². The second kappa shape index (κ2) is 9.46. The fraction of sp³-hybridized carbons (Fsp3) is 0.500. The molecule has 1 aliphatic heterocycles. The minimum absolute atomic E-state index is 0.314. The van der Waals surface area contributed by atoms with Crippen LogP contribution in [0, 0.1) is 0 Å². The number of halogens is 1. The van der Waals surface area contributed by atoms with Crippen LogP contribution in [0.3, 0.4) is 0 Å². The zero-order valence-electron chi connectivity index (χ0n) is 13.2. The molecule has 1 aromatic heterocycles. The van der Waals surface area contributed by atoms with Crippen LogP contribution in [-0.2, 0) is 4.74 Å². The summed E-state index contributed by atoms with van der Waals surface area (Å²) in [5.41, 5.74) is 0. The summed E-state index contributed by atoms with van der Waals surface area (Å²) in [6, 6.07) is 7.46. The number of nitrogens with one attached hydrogen (secondary N) is 1. The predicted molar refractivity (Wildman–Crippen MR) is 99.7 cm³/mol. The molecule has 24 heavy (non-hydrogen) atoms. The smallest absolute Gasteiger partial charge is 0.206 e. The van der Waals surface area contributed by atoms with Gasteiger partial charge >= 0.3 is 0 Å². The quantitative estimate of drug-likeness (QED) is 0.511. The summed E-state index contributed by atoms with van der Waals surface area (Å²) in [5, 5.41) is 13.2. The lowest BCUT2D eigenvalue weighted by atomic mass is 10.2. The molecule has 130 valence electrons. The normalized spacial score (nSPS) is 17.1. The highest BCUT2D eigenvalue weighted by atomic mass is 35.5. The zero-order valence-corrected chi connectivity index (χ0v) is 15.6. The van der Waals surface area contributed by atoms with Crippen LogP contribution in [0.15, 0.2) is 28.6 Å². The minimum atomic E-state index is 0.314. The van der Waals surface area contributed by atoms with Crippen molar-refractivity contribution in [3.05, 3.63) is 29.3 Å². The molecule has 8 heteroatoms. The van der Waals surface area contributed by atoms with Gasteiger partial charge in [-0.25, -0.2) is 0 Å². The molecule has 1 saturated heterocycles. The summed E-state index contributed by atoms with van der Waals surface area (Å²) in [6.07, 6.45) is 3.53. The van der Waals surface area contributed by atoms with E-state index >= 15 is 0 Å². The van der Waals surface area contributed by atoms with Crippen LogP contribution in [0.1, 0.15) is 19.3 Å². The Hall–Kier alpha value is -1.02. The second-order valence-corrected chi connectivity index (χ2v) is 8.15. The highest BCUT2D eigenvalue weighted by Gasteiger charge is 2.15. The Morgan fingerprint density at radius 3 is 3.21 bits per heavy atom. The average Bonchev–Trinajstić information content (AvgIpc) is 3.24. The van der Waals surface area contributed by atoms with Crippen molar-refractivity contribution in [3.8, 4) is 5.75 Å². The molecule has 1 N–H and O–H groups in total. The van der Waals surface area contributed by atoms with Gasteiger partial charge in [0.25, 0.3) is 0 Å². The maximum absolute atomic E-state index is 5.92. The van der Waals surface area contributed by atoms with Crippen molar-refractivity contribution in [1.29, 1.82) is 0 Å². The van der Waals surface area contributed by atoms with E-state index in [2.05, 4.69) is 15.5 Å². The minimum Gasteiger partial charge on any atom is -0.494 e. The van der Waals surface area contributed by atoms with Gasteiger partial charge in [0.2, 0.25) is 5.13 Å². The van der Waals surface area contributed by atoms with Gasteiger partial charge in [-0.1, -0.05) is 40.8 Å². The molecule has 1 atom stereocenters. The fourth-order valence-electron chi connectivity index (χ4n) is 2.31. The number of ether oxygens (including phenoxy) is 2. The van der Waals surface area contributed by atoms with E-state index in [0.717, 1.165) is 53.4 Å². The first-order valence-electron chi connectivity index (χ1n) is 8.00. The molecule has 1 aromatic carbocycles. The number of rotatable bonds is 9. The molecule has 3 rings (SSSR count). The van der Waals surface area contributed by atoms with Gasteiger partial charge in [-0.2, -0.15) is 0 Å². The van der Waals surface area contributed by atoms with Crippen LogP contribution in [0.4, 0.5) is 5.13 Å². The van der Waals surface area contributed by atoms with Crippen LogP contribution in [0.25, 0.3) is 0 Å². The first-order valence-corrected chi connectivity index (χ1v) is 10.2. The van der Waals surface area contributed by atoms with Crippen LogP contribution >= 0.6 is 34.7 Å². The number of aromatic nitrogens is 2. The summed E-state index contributed by atoms with van der Waals surface area (Å²) in [7, 11) is 0. The van der Waals surface area contributed by atoms with Gasteiger partial charge in [0, 0.05) is 23.9 Å². The fourth-order valence-corrected chi connectivity index (χ4v) is 4.23. The van der Waals surface area contributed by atoms with Crippen molar-refractivity contribution in [1.82, 2.24) is 10.2 Å². The third-order valence-corrected chi connectivity index (χ3v) is 5.83. The topological polar surface area (TPSA) is 56.3 Å². The van der Waals surface area contributed by atoms with Crippen molar-refractivity contribution in [2.45, 2.75) is 29.7 Å². The number of thioether (sulfide) groups is 1. The van der Waals surface area contributed by atoms with E-state index in [9.17, 15) is 0 Å². The summed E-state index contributed by atoms with van der Waals surface area (Å²) < 4.78 is 12.2. The molecule has 1 unspecified atom stereocenters. The Bertz CT molecular complexity index is 635. The summed E-state index contributed by atoms with van der Waals surface area (Å²) in [6.45, 7) is 2.35. The van der Waals surface area contributed by atoms with Crippen LogP contribution in [-0.4, -0.2) is 41.8 Å². The van der Waals surface area contributed by atoms with Gasteiger partial charge < -0.3 is 14.8 Å². The Labute approximate surface area is 155 Å². The van der Waals surface area contributed by atoms with E-state index in [1.165, 1.54) is 0 Å². The standard InChI is InChI=1S/C16H20ClN3O2S2/c17-12-4-1-5-13(10-12)21-8-3-9-23-16-20-19-15(24-16)18-11-14-6-2-7-22-14/h1,4-5,10,14H,2-3,6-9,11H2,(H,18,19). The van der Waals surface area contributed by atoms with Gasteiger partial charge in [0.05, 0.1) is 12.7 Å². The first kappa shape index (κ1) is 17.8. The molecule has 0 spiro atoms. The number of anilines is 1. The monoisotopic (exact) mass is 385 g/mol. The van der Waals surface area contributed by atoms with Crippen LogP contribution in [0.5, 0.6) is 5.75 Å². The van der Waals surface area contributed by atoms with Gasteiger partial charge in [-0.3, -0.25) is 0 Å². The molecule has 5 nitrogen and oxygen atoms in total. The lowest BCUT2D eigenvalue weighted by molar-refractivity contribution is 0.120. The summed E-state index contributed by atoms with van der Waals surface area (Å²) in [4.78, 5) is 0. The number of hydrogen-bond acceptors (Lipinski definition) is 7. The van der Waals surface area contributed by atoms with Crippen molar-refractivity contribution in [2.75, 3.05) is 30.8 Å². The Morgan fingerprint density at radius 2 is 2.38 bits per heavy atom. The van der Waals surface area contributed by atoms with Gasteiger partial charge in [-0.15, -0.1) is 10.2 Å². The van der Waals surface area contributed by atoms with E-state index in [1.807, 2.05) is 24.3 Å². The maximum Gasteiger partial charge on any atom is 0.206 e. The molecule has 0 amide bonds. The molecule has 1 aliphatic rings. The third kappa shape index (κ3) is 5.81. The molecule has 0 aliphatic carbocycles. The molecule has 2 aromatic rings. The molecule has 1 fully saturated rings. The van der Waals surface area contributed by atoms with E-state index in [1.54, 1.807) is 23.1 Å².